The molecule has 1 saturated heterocycles. The molecule has 1 aliphatic rings. The summed E-state index contributed by atoms with van der Waals surface area (Å²) in [5.41, 5.74) is 2.05. The van der Waals surface area contributed by atoms with Gasteiger partial charge in [0.25, 0.3) is 0 Å². The molecule has 116 valence electrons. The summed E-state index contributed by atoms with van der Waals surface area (Å²) >= 11 is 1.62. The first-order valence-electron chi connectivity index (χ1n) is 7.73. The Morgan fingerprint density at radius 2 is 2.23 bits per heavy atom. The van der Waals surface area contributed by atoms with E-state index in [0.717, 1.165) is 35.7 Å². The predicted octanol–water partition coefficient (Wildman–Crippen LogP) is 2.81. The number of piperidine rings is 1. The van der Waals surface area contributed by atoms with Crippen LogP contribution < -0.4 is 10.6 Å². The van der Waals surface area contributed by atoms with Crippen molar-refractivity contribution < 1.29 is 4.79 Å². The average Bonchev–Trinajstić information content (AvgIpc) is 3.02. The predicted molar refractivity (Wildman–Crippen MR) is 89.6 cm³/mol. The smallest absolute Gasteiger partial charge is 0.223 e. The van der Waals surface area contributed by atoms with Crippen molar-refractivity contribution in [2.75, 3.05) is 6.54 Å². The molecule has 0 radical (unpaired) electrons. The third-order valence-electron chi connectivity index (χ3n) is 4.01. The molecule has 2 atom stereocenters. The summed E-state index contributed by atoms with van der Waals surface area (Å²) in [5, 5.41) is 9.42. The zero-order valence-corrected chi connectivity index (χ0v) is 13.5. The summed E-state index contributed by atoms with van der Waals surface area (Å²) in [4.78, 5) is 16.8. The second-order valence-corrected chi connectivity index (χ2v) is 6.66. The SMILES string of the molecule is C[C@H]1C[C@@H](C(=O)NCc2csc(-c3ccccc3)n2)CCN1. The Bertz CT molecular complexity index is 626. The van der Waals surface area contributed by atoms with Crippen LogP contribution in [0.2, 0.25) is 0 Å². The van der Waals surface area contributed by atoms with E-state index < -0.39 is 0 Å². The minimum absolute atomic E-state index is 0.128. The molecular weight excluding hydrogens is 294 g/mol. The standard InChI is InChI=1S/C17H21N3OS/c1-12-9-14(7-8-18-12)16(21)19-10-15-11-22-17(20-15)13-5-3-2-4-6-13/h2-6,11-12,14,18H,7-10H2,1H3,(H,19,21)/t12-,14-/m0/s1. The normalized spacial score (nSPS) is 21.5. The Hall–Kier alpha value is -1.72. The van der Waals surface area contributed by atoms with E-state index in [4.69, 9.17) is 0 Å². The van der Waals surface area contributed by atoms with E-state index in [1.54, 1.807) is 11.3 Å². The zero-order chi connectivity index (χ0) is 15.4. The molecule has 1 amide bonds. The zero-order valence-electron chi connectivity index (χ0n) is 12.7. The van der Waals surface area contributed by atoms with Crippen LogP contribution in [0, 0.1) is 5.92 Å². The fourth-order valence-corrected chi connectivity index (χ4v) is 3.62. The molecule has 2 heterocycles. The molecule has 1 aliphatic heterocycles. The number of thiazole rings is 1. The van der Waals surface area contributed by atoms with Crippen molar-refractivity contribution in [1.82, 2.24) is 15.6 Å². The second kappa shape index (κ2) is 7.03. The molecule has 2 aromatic rings. The number of nitrogens with zero attached hydrogens (tertiary/aromatic N) is 1. The van der Waals surface area contributed by atoms with Gasteiger partial charge in [-0.2, -0.15) is 0 Å². The maximum Gasteiger partial charge on any atom is 0.223 e. The van der Waals surface area contributed by atoms with Crippen molar-refractivity contribution in [2.24, 2.45) is 5.92 Å². The first-order chi connectivity index (χ1) is 10.7. The lowest BCUT2D eigenvalue weighted by Gasteiger charge is -2.26. The van der Waals surface area contributed by atoms with Crippen molar-refractivity contribution in [1.29, 1.82) is 0 Å². The molecule has 1 fully saturated rings. The summed E-state index contributed by atoms with van der Waals surface area (Å²) in [6, 6.07) is 10.5. The monoisotopic (exact) mass is 315 g/mol. The molecule has 0 saturated carbocycles. The van der Waals surface area contributed by atoms with Crippen molar-refractivity contribution in [2.45, 2.75) is 32.4 Å². The summed E-state index contributed by atoms with van der Waals surface area (Å²) in [6.45, 7) is 3.57. The van der Waals surface area contributed by atoms with Crippen LogP contribution in [-0.2, 0) is 11.3 Å². The van der Waals surface area contributed by atoms with Gasteiger partial charge in [-0.15, -0.1) is 11.3 Å². The Kier molecular flexibility index (Phi) is 4.85. The Morgan fingerprint density at radius 1 is 1.41 bits per heavy atom. The largest absolute Gasteiger partial charge is 0.350 e. The van der Waals surface area contributed by atoms with Crippen LogP contribution in [0.25, 0.3) is 10.6 Å². The average molecular weight is 315 g/mol. The summed E-state index contributed by atoms with van der Waals surface area (Å²) < 4.78 is 0. The summed E-state index contributed by atoms with van der Waals surface area (Å²) in [6.07, 6.45) is 1.83. The first kappa shape index (κ1) is 15.2. The molecule has 1 aromatic heterocycles. The van der Waals surface area contributed by atoms with Gasteiger partial charge in [0, 0.05) is 22.9 Å². The topological polar surface area (TPSA) is 54.0 Å². The Balaban J connectivity index is 1.56. The lowest BCUT2D eigenvalue weighted by molar-refractivity contribution is -0.126. The highest BCUT2D eigenvalue weighted by Gasteiger charge is 2.24. The second-order valence-electron chi connectivity index (χ2n) is 5.80. The molecule has 0 aliphatic carbocycles. The molecule has 3 rings (SSSR count). The lowest BCUT2D eigenvalue weighted by Crippen LogP contribution is -2.42. The van der Waals surface area contributed by atoms with Crippen LogP contribution in [0.3, 0.4) is 0 Å². The highest BCUT2D eigenvalue weighted by molar-refractivity contribution is 7.13. The van der Waals surface area contributed by atoms with E-state index in [9.17, 15) is 4.79 Å². The van der Waals surface area contributed by atoms with Gasteiger partial charge in [-0.05, 0) is 26.3 Å². The van der Waals surface area contributed by atoms with E-state index in [1.165, 1.54) is 0 Å². The van der Waals surface area contributed by atoms with Crippen molar-refractivity contribution in [3.05, 3.63) is 41.4 Å². The van der Waals surface area contributed by atoms with E-state index in [1.807, 2.05) is 23.6 Å². The van der Waals surface area contributed by atoms with Gasteiger partial charge in [0.05, 0.1) is 12.2 Å². The van der Waals surface area contributed by atoms with Gasteiger partial charge in [0.2, 0.25) is 5.91 Å². The number of amides is 1. The quantitative estimate of drug-likeness (QED) is 0.912. The molecule has 2 N–H and O–H groups in total. The van der Waals surface area contributed by atoms with Crippen LogP contribution in [0.4, 0.5) is 0 Å². The van der Waals surface area contributed by atoms with Crippen LogP contribution in [-0.4, -0.2) is 23.5 Å². The fourth-order valence-electron chi connectivity index (χ4n) is 2.79. The van der Waals surface area contributed by atoms with Gasteiger partial charge in [0.1, 0.15) is 5.01 Å². The Morgan fingerprint density at radius 3 is 3.00 bits per heavy atom. The van der Waals surface area contributed by atoms with Crippen LogP contribution in [0.15, 0.2) is 35.7 Å². The van der Waals surface area contributed by atoms with Gasteiger partial charge in [-0.25, -0.2) is 4.98 Å². The van der Waals surface area contributed by atoms with Gasteiger partial charge in [-0.1, -0.05) is 30.3 Å². The maximum atomic E-state index is 12.2. The number of aromatic nitrogens is 1. The fraction of sp³-hybridized carbons (Fsp3) is 0.412. The lowest BCUT2D eigenvalue weighted by atomic mass is 9.92. The molecule has 5 heteroatoms. The van der Waals surface area contributed by atoms with E-state index >= 15 is 0 Å². The molecule has 0 bridgehead atoms. The molecule has 0 unspecified atom stereocenters. The number of carbonyl (C=O) groups excluding carboxylic acids is 1. The third kappa shape index (κ3) is 3.72. The van der Waals surface area contributed by atoms with E-state index in [0.29, 0.717) is 12.6 Å². The van der Waals surface area contributed by atoms with Crippen LogP contribution in [0.1, 0.15) is 25.5 Å². The molecule has 22 heavy (non-hydrogen) atoms. The van der Waals surface area contributed by atoms with Gasteiger partial charge < -0.3 is 10.6 Å². The minimum Gasteiger partial charge on any atom is -0.350 e. The Labute approximate surface area is 135 Å². The molecule has 0 spiro atoms. The van der Waals surface area contributed by atoms with Crippen molar-refractivity contribution >= 4 is 17.2 Å². The summed E-state index contributed by atoms with van der Waals surface area (Å²) in [7, 11) is 0. The van der Waals surface area contributed by atoms with E-state index in [-0.39, 0.29) is 11.8 Å². The number of benzene rings is 1. The van der Waals surface area contributed by atoms with E-state index in [2.05, 4.69) is 34.7 Å². The number of nitrogens with one attached hydrogen (secondary N) is 2. The molecular formula is C17H21N3OS. The maximum absolute atomic E-state index is 12.2. The molecule has 1 aromatic carbocycles. The van der Waals surface area contributed by atoms with Gasteiger partial charge >= 0.3 is 0 Å². The third-order valence-corrected chi connectivity index (χ3v) is 4.95. The van der Waals surface area contributed by atoms with Crippen LogP contribution >= 0.6 is 11.3 Å². The van der Waals surface area contributed by atoms with Crippen molar-refractivity contribution in [3.8, 4) is 10.6 Å². The summed E-state index contributed by atoms with van der Waals surface area (Å²) in [5.74, 6) is 0.283. The number of hydrogen-bond acceptors (Lipinski definition) is 4. The number of carbonyl (C=O) groups is 1. The number of rotatable bonds is 4. The van der Waals surface area contributed by atoms with Gasteiger partial charge in [0.15, 0.2) is 0 Å². The number of hydrogen-bond donors (Lipinski definition) is 2. The highest BCUT2D eigenvalue weighted by Crippen LogP contribution is 2.23. The van der Waals surface area contributed by atoms with Gasteiger partial charge in [-0.3, -0.25) is 4.79 Å². The van der Waals surface area contributed by atoms with Crippen molar-refractivity contribution in [3.63, 3.8) is 0 Å². The minimum atomic E-state index is 0.128. The highest BCUT2D eigenvalue weighted by atomic mass is 32.1. The molecule has 4 nitrogen and oxygen atoms in total. The first-order valence-corrected chi connectivity index (χ1v) is 8.61. The van der Waals surface area contributed by atoms with Crippen LogP contribution in [0.5, 0.6) is 0 Å².